The fourth-order valence-corrected chi connectivity index (χ4v) is 1.06. The van der Waals surface area contributed by atoms with E-state index in [1.807, 2.05) is 0 Å². The number of carboxylic acid groups (broad SMARTS) is 1. The average Bonchev–Trinajstić information content (AvgIpc) is 2.02. The first-order valence-corrected chi connectivity index (χ1v) is 3.11. The predicted octanol–water partition coefficient (Wildman–Crippen LogP) is 0.902. The minimum atomic E-state index is -1.33. The summed E-state index contributed by atoms with van der Waals surface area (Å²) >= 11 is 0. The zero-order valence-corrected chi connectivity index (χ0v) is 5.74. The third-order valence-corrected chi connectivity index (χ3v) is 1.63. The quantitative estimate of drug-likeness (QED) is 0.550. The van der Waals surface area contributed by atoms with Crippen LogP contribution in [0.25, 0.3) is 0 Å². The molecule has 0 atom stereocenters. The maximum absolute atomic E-state index is 10.5. The highest BCUT2D eigenvalue weighted by atomic mass is 16.5. The molecule has 0 radical (unpaired) electrons. The van der Waals surface area contributed by atoms with E-state index in [2.05, 4.69) is 0 Å². The van der Waals surface area contributed by atoms with Gasteiger partial charge in [-0.25, -0.2) is 4.79 Å². The molecule has 3 N–H and O–H groups in total. The fraction of sp³-hybridized carbons (Fsp3) is 0. The largest absolute Gasteiger partial charge is 0.507 e. The molecule has 0 aromatic heterocycles. The van der Waals surface area contributed by atoms with Crippen LogP contribution in [0.1, 0.15) is 10.4 Å². The molecule has 2 bridgehead atoms. The van der Waals surface area contributed by atoms with E-state index >= 15 is 0 Å². The Labute approximate surface area is 66.4 Å². The highest BCUT2D eigenvalue weighted by molar-refractivity contribution is 5.97. The van der Waals surface area contributed by atoms with Crippen LogP contribution in [0.3, 0.4) is 0 Å². The Morgan fingerprint density at radius 1 is 1.42 bits per heavy atom. The zero-order chi connectivity index (χ0) is 8.88. The number of aromatic carboxylic acids is 1. The van der Waals surface area contributed by atoms with Crippen LogP contribution in [0, 0.1) is 0 Å². The molecule has 0 amide bonds. The van der Waals surface area contributed by atoms with Crippen molar-refractivity contribution in [3.63, 3.8) is 0 Å². The van der Waals surface area contributed by atoms with Gasteiger partial charge in [0, 0.05) is 6.07 Å². The van der Waals surface area contributed by atoms with Crippen molar-refractivity contribution in [3.8, 4) is 23.0 Å². The molecule has 0 fully saturated rings. The molecule has 0 saturated carbocycles. The van der Waals surface area contributed by atoms with Gasteiger partial charge in [0.15, 0.2) is 11.5 Å². The molecule has 2 aliphatic rings. The number of phenolic OH excluding ortho intramolecular Hbond substituents is 1. The van der Waals surface area contributed by atoms with Crippen LogP contribution in [0.4, 0.5) is 0 Å². The molecule has 5 heteroatoms. The van der Waals surface area contributed by atoms with Gasteiger partial charge in [-0.05, 0) is 0 Å². The summed E-state index contributed by atoms with van der Waals surface area (Å²) in [6.07, 6.45) is 0. The van der Waals surface area contributed by atoms with Crippen LogP contribution >= 0.6 is 0 Å². The Hall–Kier alpha value is -1.91. The molecule has 3 rings (SSSR count). The Bertz CT molecular complexity index is 382. The van der Waals surface area contributed by atoms with E-state index in [0.29, 0.717) is 0 Å². The van der Waals surface area contributed by atoms with Crippen molar-refractivity contribution in [2.75, 3.05) is 0 Å². The van der Waals surface area contributed by atoms with E-state index < -0.39 is 17.3 Å². The maximum atomic E-state index is 10.5. The number of rotatable bonds is 1. The summed E-state index contributed by atoms with van der Waals surface area (Å²) in [5.74, 6) is -2.00. The molecule has 62 valence electrons. The molecule has 2 heterocycles. The first-order valence-electron chi connectivity index (χ1n) is 3.11. The van der Waals surface area contributed by atoms with Gasteiger partial charge in [-0.3, -0.25) is 0 Å². The van der Waals surface area contributed by atoms with E-state index in [9.17, 15) is 4.79 Å². The van der Waals surface area contributed by atoms with Crippen molar-refractivity contribution in [2.45, 2.75) is 0 Å². The summed E-state index contributed by atoms with van der Waals surface area (Å²) in [7, 11) is 0. The van der Waals surface area contributed by atoms with E-state index in [1.165, 1.54) is 0 Å². The summed E-state index contributed by atoms with van der Waals surface area (Å²) in [4.78, 5) is 10.5. The topological polar surface area (TPSA) is 87.0 Å². The number of hydrogen-bond acceptors (Lipinski definition) is 4. The normalized spacial score (nSPS) is 11.7. The summed E-state index contributed by atoms with van der Waals surface area (Å²) < 4.78 is 4.72. The van der Waals surface area contributed by atoms with Crippen LogP contribution in [0.5, 0.6) is 23.0 Å². The van der Waals surface area contributed by atoms with Gasteiger partial charge in [0.2, 0.25) is 5.75 Å². The van der Waals surface area contributed by atoms with Crippen molar-refractivity contribution in [3.05, 3.63) is 11.6 Å². The Morgan fingerprint density at radius 3 is 2.50 bits per heavy atom. The van der Waals surface area contributed by atoms with Crippen LogP contribution in [-0.2, 0) is 0 Å². The standard InChI is InChI=1S/C7H4O5/c8-2-1-3-5(9)6(12-3)4(2)7(10)11/h1,8-9H,(H,10,11). The molecule has 12 heavy (non-hydrogen) atoms. The first-order chi connectivity index (χ1) is 5.61. The van der Waals surface area contributed by atoms with Gasteiger partial charge in [0.05, 0.1) is 0 Å². The monoisotopic (exact) mass is 168 g/mol. The highest BCUT2D eigenvalue weighted by Gasteiger charge is 2.32. The van der Waals surface area contributed by atoms with Gasteiger partial charge < -0.3 is 20.1 Å². The maximum Gasteiger partial charge on any atom is 0.343 e. The van der Waals surface area contributed by atoms with Crippen molar-refractivity contribution >= 4 is 5.97 Å². The van der Waals surface area contributed by atoms with Crippen LogP contribution in [0.15, 0.2) is 6.07 Å². The summed E-state index contributed by atoms with van der Waals surface area (Å²) in [6.45, 7) is 0. The lowest BCUT2D eigenvalue weighted by Crippen LogP contribution is -2.07. The second kappa shape index (κ2) is 1.82. The molecule has 0 unspecified atom stereocenters. The van der Waals surface area contributed by atoms with Gasteiger partial charge in [0.25, 0.3) is 0 Å². The Morgan fingerprint density at radius 2 is 2.08 bits per heavy atom. The van der Waals surface area contributed by atoms with Gasteiger partial charge >= 0.3 is 5.97 Å². The number of fused-ring (bicyclic) bond motifs is 2. The third-order valence-electron chi connectivity index (χ3n) is 1.63. The number of aromatic hydroxyl groups is 2. The molecule has 2 aliphatic heterocycles. The third kappa shape index (κ3) is 0.597. The number of ether oxygens (including phenoxy) is 1. The number of carboxylic acids is 1. The lowest BCUT2D eigenvalue weighted by Gasteiger charge is -2.21. The Kier molecular flexibility index (Phi) is 1.03. The number of benzene rings is 1. The smallest absolute Gasteiger partial charge is 0.343 e. The number of hydrogen-bond donors (Lipinski definition) is 3. The average molecular weight is 168 g/mol. The van der Waals surface area contributed by atoms with Crippen molar-refractivity contribution in [1.29, 1.82) is 0 Å². The van der Waals surface area contributed by atoms with E-state index in [0.717, 1.165) is 6.07 Å². The predicted molar refractivity (Wildman–Crippen MR) is 36.8 cm³/mol. The molecule has 1 aromatic carbocycles. The summed E-state index contributed by atoms with van der Waals surface area (Å²) in [5, 5.41) is 26.6. The van der Waals surface area contributed by atoms with Gasteiger partial charge in [-0.15, -0.1) is 0 Å². The molecular weight excluding hydrogens is 164 g/mol. The summed E-state index contributed by atoms with van der Waals surface area (Å²) in [6, 6.07) is 1.06. The highest BCUT2D eigenvalue weighted by Crippen LogP contribution is 2.54. The lowest BCUT2D eigenvalue weighted by molar-refractivity contribution is 0.0687. The van der Waals surface area contributed by atoms with E-state index in [1.54, 1.807) is 0 Å². The molecule has 0 spiro atoms. The zero-order valence-electron chi connectivity index (χ0n) is 5.74. The SMILES string of the molecule is O=C(O)c1c(O)cc2c(O)c1O2. The van der Waals surface area contributed by atoms with E-state index in [-0.39, 0.29) is 17.2 Å². The lowest BCUT2D eigenvalue weighted by atomic mass is 10.1. The van der Waals surface area contributed by atoms with E-state index in [4.69, 9.17) is 20.1 Å². The molecule has 5 nitrogen and oxygen atoms in total. The summed E-state index contributed by atoms with van der Waals surface area (Å²) in [5.41, 5.74) is -0.400. The number of phenols is 2. The number of carbonyl (C=O) groups is 1. The van der Waals surface area contributed by atoms with Gasteiger partial charge in [-0.2, -0.15) is 0 Å². The van der Waals surface area contributed by atoms with Gasteiger partial charge in [0.1, 0.15) is 11.3 Å². The van der Waals surface area contributed by atoms with Crippen LogP contribution < -0.4 is 4.74 Å². The van der Waals surface area contributed by atoms with Gasteiger partial charge in [-0.1, -0.05) is 0 Å². The van der Waals surface area contributed by atoms with Crippen LogP contribution in [-0.4, -0.2) is 21.3 Å². The fourth-order valence-electron chi connectivity index (χ4n) is 1.06. The van der Waals surface area contributed by atoms with Crippen LogP contribution in [0.2, 0.25) is 0 Å². The van der Waals surface area contributed by atoms with Crippen molar-refractivity contribution in [1.82, 2.24) is 0 Å². The minimum Gasteiger partial charge on any atom is -0.507 e. The second-order valence-corrected chi connectivity index (χ2v) is 2.35. The Balaban J connectivity index is 2.70. The first kappa shape index (κ1) is 6.78. The van der Waals surface area contributed by atoms with Crippen molar-refractivity contribution in [2.24, 2.45) is 0 Å². The molecule has 0 aliphatic carbocycles. The molecule has 1 aromatic rings. The minimum absolute atomic E-state index is 0.104. The molecule has 0 saturated heterocycles. The second-order valence-electron chi connectivity index (χ2n) is 2.35. The van der Waals surface area contributed by atoms with Crippen molar-refractivity contribution < 1.29 is 24.9 Å². The molecular formula is C7H4O5.